The minimum absolute atomic E-state index is 0.0288. The standard InChI is InChI=1S/C19H25ClFN3O4/c1-18(2,3)28-17(26)24-11-19(27,10-22-4)8-14(24)16(25)23-9-12-6-5-7-13(20)15(12)21/h5-7,14,27H,4,8-11H2,1-3H3,(H,23,25)/t14-,19-/m0/s1. The highest BCUT2D eigenvalue weighted by molar-refractivity contribution is 6.30. The molecule has 1 fully saturated rings. The summed E-state index contributed by atoms with van der Waals surface area (Å²) in [6.07, 6.45) is -0.753. The van der Waals surface area contributed by atoms with Crippen LogP contribution in [0.15, 0.2) is 23.2 Å². The third-order valence-electron chi connectivity index (χ3n) is 4.24. The molecule has 1 saturated heterocycles. The zero-order valence-corrected chi connectivity index (χ0v) is 16.9. The summed E-state index contributed by atoms with van der Waals surface area (Å²) in [6.45, 7) is 8.22. The highest BCUT2D eigenvalue weighted by Gasteiger charge is 2.48. The van der Waals surface area contributed by atoms with Gasteiger partial charge in [0.1, 0.15) is 23.1 Å². The van der Waals surface area contributed by atoms with Gasteiger partial charge in [-0.25, -0.2) is 9.18 Å². The topological polar surface area (TPSA) is 91.2 Å². The predicted octanol–water partition coefficient (Wildman–Crippen LogP) is 2.54. The molecule has 1 aromatic carbocycles. The SMILES string of the molecule is C=NC[C@@]1(O)C[C@@H](C(=O)NCc2cccc(Cl)c2F)N(C(=O)OC(C)(C)C)C1. The van der Waals surface area contributed by atoms with Gasteiger partial charge in [0.15, 0.2) is 0 Å². The van der Waals surface area contributed by atoms with E-state index in [-0.39, 0.29) is 36.6 Å². The Morgan fingerprint density at radius 3 is 2.79 bits per heavy atom. The number of aliphatic imine (C=N–C) groups is 1. The van der Waals surface area contributed by atoms with Crippen LogP contribution in [0.1, 0.15) is 32.8 Å². The van der Waals surface area contributed by atoms with Gasteiger partial charge < -0.3 is 15.2 Å². The molecule has 2 atom stereocenters. The molecule has 2 rings (SSSR count). The largest absolute Gasteiger partial charge is 0.444 e. The number of halogens is 2. The summed E-state index contributed by atoms with van der Waals surface area (Å²) >= 11 is 5.75. The van der Waals surface area contributed by atoms with E-state index in [0.717, 1.165) is 0 Å². The number of carbonyl (C=O) groups excluding carboxylic acids is 2. The lowest BCUT2D eigenvalue weighted by Crippen LogP contribution is -2.47. The van der Waals surface area contributed by atoms with Crippen LogP contribution in [0.3, 0.4) is 0 Å². The molecule has 2 amide bonds. The van der Waals surface area contributed by atoms with Gasteiger partial charge in [0.05, 0.1) is 18.1 Å². The summed E-state index contributed by atoms with van der Waals surface area (Å²) in [7, 11) is 0. The van der Waals surface area contributed by atoms with Gasteiger partial charge in [-0.2, -0.15) is 0 Å². The maximum atomic E-state index is 14.0. The van der Waals surface area contributed by atoms with E-state index < -0.39 is 35.1 Å². The molecule has 0 saturated carbocycles. The minimum Gasteiger partial charge on any atom is -0.444 e. The zero-order chi connectivity index (χ0) is 21.1. The van der Waals surface area contributed by atoms with Crippen molar-refractivity contribution in [2.24, 2.45) is 4.99 Å². The molecule has 9 heteroatoms. The Morgan fingerprint density at radius 1 is 1.50 bits per heavy atom. The Bertz CT molecular complexity index is 768. The quantitative estimate of drug-likeness (QED) is 0.726. The summed E-state index contributed by atoms with van der Waals surface area (Å²) < 4.78 is 19.4. The number of likely N-dealkylation sites (tertiary alicyclic amines) is 1. The normalized spacial score (nSPS) is 22.1. The van der Waals surface area contributed by atoms with Gasteiger partial charge >= 0.3 is 6.09 Å². The van der Waals surface area contributed by atoms with Gasteiger partial charge in [0.25, 0.3) is 0 Å². The van der Waals surface area contributed by atoms with E-state index in [0.29, 0.717) is 0 Å². The number of nitrogens with one attached hydrogen (secondary N) is 1. The lowest BCUT2D eigenvalue weighted by atomic mass is 10.0. The molecule has 1 aliphatic rings. The van der Waals surface area contributed by atoms with Gasteiger partial charge in [0.2, 0.25) is 5.91 Å². The molecule has 1 aliphatic heterocycles. The Morgan fingerprint density at radius 2 is 2.18 bits per heavy atom. The molecule has 0 unspecified atom stereocenters. The molecule has 1 aromatic rings. The fourth-order valence-corrected chi connectivity index (χ4v) is 3.21. The van der Waals surface area contributed by atoms with Crippen LogP contribution in [-0.2, 0) is 16.1 Å². The molecule has 1 heterocycles. The van der Waals surface area contributed by atoms with Crippen molar-refractivity contribution in [2.75, 3.05) is 13.1 Å². The fourth-order valence-electron chi connectivity index (χ4n) is 3.02. The maximum absolute atomic E-state index is 14.0. The van der Waals surface area contributed by atoms with Crippen molar-refractivity contribution in [3.05, 3.63) is 34.6 Å². The zero-order valence-electron chi connectivity index (χ0n) is 16.2. The lowest BCUT2D eigenvalue weighted by Gasteiger charge is -2.28. The van der Waals surface area contributed by atoms with E-state index in [1.165, 1.54) is 17.0 Å². The van der Waals surface area contributed by atoms with Crippen LogP contribution in [0.2, 0.25) is 5.02 Å². The number of hydrogen-bond acceptors (Lipinski definition) is 5. The van der Waals surface area contributed by atoms with Crippen LogP contribution in [0.5, 0.6) is 0 Å². The van der Waals surface area contributed by atoms with Crippen molar-refractivity contribution < 1.29 is 23.8 Å². The molecule has 0 spiro atoms. The first-order valence-corrected chi connectivity index (χ1v) is 9.19. The van der Waals surface area contributed by atoms with E-state index in [4.69, 9.17) is 16.3 Å². The second-order valence-electron chi connectivity index (χ2n) is 7.86. The second kappa shape index (κ2) is 8.45. The van der Waals surface area contributed by atoms with Gasteiger partial charge in [-0.05, 0) is 33.6 Å². The van der Waals surface area contributed by atoms with Crippen LogP contribution in [0.25, 0.3) is 0 Å². The number of rotatable bonds is 5. The van der Waals surface area contributed by atoms with E-state index >= 15 is 0 Å². The highest BCUT2D eigenvalue weighted by atomic mass is 35.5. The highest BCUT2D eigenvalue weighted by Crippen LogP contribution is 2.29. The van der Waals surface area contributed by atoms with Crippen molar-refractivity contribution in [1.29, 1.82) is 0 Å². The molecule has 154 valence electrons. The van der Waals surface area contributed by atoms with Gasteiger partial charge in [-0.1, -0.05) is 23.7 Å². The van der Waals surface area contributed by atoms with Gasteiger partial charge in [-0.15, -0.1) is 0 Å². The molecule has 0 bridgehead atoms. The first-order chi connectivity index (χ1) is 13.0. The Kier molecular flexibility index (Phi) is 6.67. The van der Waals surface area contributed by atoms with Crippen molar-refractivity contribution >= 4 is 30.3 Å². The first-order valence-electron chi connectivity index (χ1n) is 8.81. The Balaban J connectivity index is 2.15. The molecule has 0 aliphatic carbocycles. The summed E-state index contributed by atoms with van der Waals surface area (Å²) in [5.74, 6) is -1.16. The van der Waals surface area contributed by atoms with E-state index in [1.54, 1.807) is 26.8 Å². The van der Waals surface area contributed by atoms with Crippen molar-refractivity contribution in [2.45, 2.75) is 51.0 Å². The third kappa shape index (κ3) is 5.42. The monoisotopic (exact) mass is 413 g/mol. The smallest absolute Gasteiger partial charge is 0.411 e. The van der Waals surface area contributed by atoms with Crippen LogP contribution < -0.4 is 5.32 Å². The third-order valence-corrected chi connectivity index (χ3v) is 4.53. The molecular formula is C19H25ClFN3O4. The van der Waals surface area contributed by atoms with E-state index in [1.807, 2.05) is 0 Å². The van der Waals surface area contributed by atoms with Crippen molar-refractivity contribution in [1.82, 2.24) is 10.2 Å². The molecule has 28 heavy (non-hydrogen) atoms. The summed E-state index contributed by atoms with van der Waals surface area (Å²) in [5.41, 5.74) is -1.94. The van der Waals surface area contributed by atoms with E-state index in [9.17, 15) is 19.1 Å². The number of aliphatic hydroxyl groups is 1. The fraction of sp³-hybridized carbons (Fsp3) is 0.526. The van der Waals surface area contributed by atoms with Gasteiger partial charge in [0, 0.05) is 18.5 Å². The summed E-state index contributed by atoms with van der Waals surface area (Å²) in [6, 6.07) is 3.50. The number of benzene rings is 1. The molecule has 2 N–H and O–H groups in total. The molecule has 7 nitrogen and oxygen atoms in total. The second-order valence-corrected chi connectivity index (χ2v) is 8.27. The average Bonchev–Trinajstić information content (AvgIpc) is 2.93. The summed E-state index contributed by atoms with van der Waals surface area (Å²) in [4.78, 5) is 30.1. The molecule has 0 radical (unpaired) electrons. The van der Waals surface area contributed by atoms with Crippen LogP contribution in [0, 0.1) is 5.82 Å². The van der Waals surface area contributed by atoms with Crippen LogP contribution >= 0.6 is 11.6 Å². The number of nitrogens with zero attached hydrogens (tertiary/aromatic N) is 2. The number of hydrogen-bond donors (Lipinski definition) is 2. The predicted molar refractivity (Wildman–Crippen MR) is 104 cm³/mol. The number of amides is 2. The number of β-amino-alcohol motifs (C(OH)–C–C–N with tert-alkyl or cyclic N) is 1. The lowest BCUT2D eigenvalue weighted by molar-refractivity contribution is -0.125. The maximum Gasteiger partial charge on any atom is 0.411 e. The summed E-state index contributed by atoms with van der Waals surface area (Å²) in [5, 5.41) is 13.2. The Hall–Kier alpha value is -2.19. The van der Waals surface area contributed by atoms with Gasteiger partial charge in [-0.3, -0.25) is 14.7 Å². The van der Waals surface area contributed by atoms with E-state index in [2.05, 4.69) is 17.0 Å². The Labute approximate surface area is 168 Å². The minimum atomic E-state index is -1.39. The van der Waals surface area contributed by atoms with Crippen LogP contribution in [-0.4, -0.2) is 59.1 Å². The van der Waals surface area contributed by atoms with Crippen molar-refractivity contribution in [3.63, 3.8) is 0 Å². The molecular weight excluding hydrogens is 389 g/mol. The molecule has 0 aromatic heterocycles. The average molecular weight is 414 g/mol. The number of carbonyl (C=O) groups is 2. The van der Waals surface area contributed by atoms with Crippen LogP contribution in [0.4, 0.5) is 9.18 Å². The number of ether oxygens (including phenoxy) is 1. The first kappa shape index (κ1) is 22.1. The van der Waals surface area contributed by atoms with Crippen molar-refractivity contribution in [3.8, 4) is 0 Å².